The Morgan fingerprint density at radius 3 is 3.12 bits per heavy atom. The van der Waals surface area contributed by atoms with Crippen LogP contribution in [0.25, 0.3) is 0 Å². The zero-order valence-corrected chi connectivity index (χ0v) is 10.0. The Kier molecular flexibility index (Phi) is 2.70. The largest absolute Gasteiger partial charge is 0.494 e. The molecule has 0 aromatic carbocycles. The van der Waals surface area contributed by atoms with Crippen molar-refractivity contribution in [1.29, 1.82) is 0 Å². The number of nitrogens with one attached hydrogen (secondary N) is 1. The van der Waals surface area contributed by atoms with Crippen molar-refractivity contribution < 1.29 is 14.3 Å². The Bertz CT molecular complexity index is 356. The molecule has 3 aliphatic rings. The number of carbonyl (C=O) groups is 1. The van der Waals surface area contributed by atoms with Crippen LogP contribution < -0.4 is 5.32 Å². The van der Waals surface area contributed by atoms with E-state index in [2.05, 4.69) is 12.2 Å². The minimum Gasteiger partial charge on any atom is -0.494 e. The van der Waals surface area contributed by atoms with E-state index in [0.717, 1.165) is 19.5 Å². The molecule has 0 aliphatic carbocycles. The lowest BCUT2D eigenvalue weighted by Crippen LogP contribution is -2.44. The van der Waals surface area contributed by atoms with Crippen LogP contribution in [0, 0.1) is 5.92 Å². The standard InChI is InChI=1S/C12H18N2O3/c1-8-4-9-5-13-6-10(9)14(8)12(15)11-7-16-2-3-17-11/h7-10,13H,2-6H2,1H3. The first-order valence-corrected chi connectivity index (χ1v) is 6.25. The Hall–Kier alpha value is -1.23. The van der Waals surface area contributed by atoms with Crippen LogP contribution in [0.3, 0.4) is 0 Å². The lowest BCUT2D eigenvalue weighted by atomic mass is 10.0. The van der Waals surface area contributed by atoms with E-state index in [1.807, 2.05) is 4.90 Å². The summed E-state index contributed by atoms with van der Waals surface area (Å²) in [7, 11) is 0. The smallest absolute Gasteiger partial charge is 0.292 e. The minimum absolute atomic E-state index is 0.0200. The summed E-state index contributed by atoms with van der Waals surface area (Å²) in [6.45, 7) is 5.02. The van der Waals surface area contributed by atoms with E-state index in [0.29, 0.717) is 37.0 Å². The highest BCUT2D eigenvalue weighted by Gasteiger charge is 2.45. The Morgan fingerprint density at radius 2 is 2.35 bits per heavy atom. The average Bonchev–Trinajstić information content (AvgIpc) is 2.89. The SMILES string of the molecule is CC1CC2CNCC2N1C(=O)C1=COCCO1. The molecular weight excluding hydrogens is 220 g/mol. The van der Waals surface area contributed by atoms with E-state index in [4.69, 9.17) is 9.47 Å². The van der Waals surface area contributed by atoms with Crippen LogP contribution in [0.4, 0.5) is 0 Å². The van der Waals surface area contributed by atoms with Gasteiger partial charge in [-0.1, -0.05) is 0 Å². The van der Waals surface area contributed by atoms with Gasteiger partial charge in [-0.05, 0) is 19.3 Å². The summed E-state index contributed by atoms with van der Waals surface area (Å²) in [4.78, 5) is 14.3. The third-order valence-corrected chi connectivity index (χ3v) is 3.87. The molecule has 5 nitrogen and oxygen atoms in total. The molecule has 2 fully saturated rings. The van der Waals surface area contributed by atoms with Crippen molar-refractivity contribution in [3.63, 3.8) is 0 Å². The number of hydrogen-bond acceptors (Lipinski definition) is 4. The molecule has 3 heterocycles. The van der Waals surface area contributed by atoms with E-state index in [1.165, 1.54) is 6.26 Å². The highest BCUT2D eigenvalue weighted by atomic mass is 16.6. The zero-order valence-electron chi connectivity index (χ0n) is 10.0. The van der Waals surface area contributed by atoms with Gasteiger partial charge in [0.1, 0.15) is 19.5 Å². The first kappa shape index (κ1) is 10.9. The van der Waals surface area contributed by atoms with E-state index in [-0.39, 0.29) is 5.91 Å². The molecule has 0 radical (unpaired) electrons. The minimum atomic E-state index is -0.0200. The van der Waals surface area contributed by atoms with Crippen molar-refractivity contribution >= 4 is 5.91 Å². The van der Waals surface area contributed by atoms with E-state index < -0.39 is 0 Å². The van der Waals surface area contributed by atoms with Crippen LogP contribution in [-0.4, -0.2) is 49.2 Å². The number of nitrogens with zero attached hydrogens (tertiary/aromatic N) is 1. The maximum Gasteiger partial charge on any atom is 0.292 e. The maximum atomic E-state index is 12.4. The molecule has 3 aliphatic heterocycles. The number of likely N-dealkylation sites (tertiary alicyclic amines) is 1. The van der Waals surface area contributed by atoms with Gasteiger partial charge in [0.05, 0.1) is 0 Å². The molecule has 94 valence electrons. The summed E-state index contributed by atoms with van der Waals surface area (Å²) in [5.41, 5.74) is 0. The number of rotatable bonds is 1. The third kappa shape index (κ3) is 1.78. The predicted octanol–water partition coefficient (Wildman–Crippen LogP) is 0.0834. The molecule has 0 aromatic rings. The van der Waals surface area contributed by atoms with Gasteiger partial charge in [0.25, 0.3) is 5.91 Å². The number of amides is 1. The van der Waals surface area contributed by atoms with Crippen LogP contribution in [0.5, 0.6) is 0 Å². The number of hydrogen-bond donors (Lipinski definition) is 1. The van der Waals surface area contributed by atoms with Gasteiger partial charge in [0.2, 0.25) is 5.76 Å². The Labute approximate surface area is 101 Å². The molecule has 3 rings (SSSR count). The van der Waals surface area contributed by atoms with Crippen LogP contribution in [0.1, 0.15) is 13.3 Å². The van der Waals surface area contributed by atoms with Crippen LogP contribution >= 0.6 is 0 Å². The molecule has 3 unspecified atom stereocenters. The van der Waals surface area contributed by atoms with Crippen molar-refractivity contribution in [3.05, 3.63) is 12.0 Å². The highest BCUT2D eigenvalue weighted by molar-refractivity contribution is 5.92. The second-order valence-corrected chi connectivity index (χ2v) is 4.98. The summed E-state index contributed by atoms with van der Waals surface area (Å²) >= 11 is 0. The van der Waals surface area contributed by atoms with Gasteiger partial charge >= 0.3 is 0 Å². The van der Waals surface area contributed by atoms with Crippen LogP contribution in [-0.2, 0) is 14.3 Å². The molecule has 3 atom stereocenters. The molecule has 5 heteroatoms. The van der Waals surface area contributed by atoms with E-state index in [9.17, 15) is 4.79 Å². The predicted molar refractivity (Wildman–Crippen MR) is 61.1 cm³/mol. The highest BCUT2D eigenvalue weighted by Crippen LogP contribution is 2.33. The maximum absolute atomic E-state index is 12.4. The summed E-state index contributed by atoms with van der Waals surface area (Å²) in [6, 6.07) is 0.620. The summed E-state index contributed by atoms with van der Waals surface area (Å²) in [6.07, 6.45) is 2.53. The third-order valence-electron chi connectivity index (χ3n) is 3.87. The van der Waals surface area contributed by atoms with Crippen molar-refractivity contribution in [1.82, 2.24) is 10.2 Å². The van der Waals surface area contributed by atoms with E-state index >= 15 is 0 Å². The lowest BCUT2D eigenvalue weighted by Gasteiger charge is -2.29. The summed E-state index contributed by atoms with van der Waals surface area (Å²) in [5, 5.41) is 3.35. The van der Waals surface area contributed by atoms with Gasteiger partial charge < -0.3 is 19.7 Å². The first-order valence-electron chi connectivity index (χ1n) is 6.25. The van der Waals surface area contributed by atoms with Gasteiger partial charge in [-0.2, -0.15) is 0 Å². The van der Waals surface area contributed by atoms with Crippen LogP contribution in [0.2, 0.25) is 0 Å². The molecule has 0 spiro atoms. The number of ether oxygens (including phenoxy) is 2. The van der Waals surface area contributed by atoms with Gasteiger partial charge in [-0.3, -0.25) is 4.79 Å². The summed E-state index contributed by atoms with van der Waals surface area (Å²) in [5.74, 6) is 0.933. The molecule has 0 saturated carbocycles. The van der Waals surface area contributed by atoms with Crippen molar-refractivity contribution in [2.24, 2.45) is 5.92 Å². The van der Waals surface area contributed by atoms with Gasteiger partial charge in [-0.25, -0.2) is 0 Å². The molecule has 2 saturated heterocycles. The number of carbonyl (C=O) groups excluding carboxylic acids is 1. The fraction of sp³-hybridized carbons (Fsp3) is 0.750. The fourth-order valence-corrected chi connectivity index (χ4v) is 3.12. The Balaban J connectivity index is 1.78. The van der Waals surface area contributed by atoms with Gasteiger partial charge in [0, 0.05) is 25.2 Å². The first-order chi connectivity index (χ1) is 8.27. The Morgan fingerprint density at radius 1 is 1.47 bits per heavy atom. The normalized spacial score (nSPS) is 35.9. The van der Waals surface area contributed by atoms with Crippen molar-refractivity contribution in [2.45, 2.75) is 25.4 Å². The topological polar surface area (TPSA) is 50.8 Å². The average molecular weight is 238 g/mol. The van der Waals surface area contributed by atoms with Gasteiger partial charge in [0.15, 0.2) is 0 Å². The molecule has 17 heavy (non-hydrogen) atoms. The molecular formula is C12H18N2O3. The zero-order chi connectivity index (χ0) is 11.8. The van der Waals surface area contributed by atoms with E-state index in [1.54, 1.807) is 0 Å². The van der Waals surface area contributed by atoms with Crippen molar-refractivity contribution in [2.75, 3.05) is 26.3 Å². The molecule has 1 N–H and O–H groups in total. The second-order valence-electron chi connectivity index (χ2n) is 4.98. The van der Waals surface area contributed by atoms with Crippen LogP contribution in [0.15, 0.2) is 12.0 Å². The second kappa shape index (κ2) is 4.22. The van der Waals surface area contributed by atoms with Gasteiger partial charge in [-0.15, -0.1) is 0 Å². The fourth-order valence-electron chi connectivity index (χ4n) is 3.12. The lowest BCUT2D eigenvalue weighted by molar-refractivity contribution is -0.134. The molecule has 1 amide bonds. The number of fused-ring (bicyclic) bond motifs is 1. The summed E-state index contributed by atoms with van der Waals surface area (Å²) < 4.78 is 10.5. The monoisotopic (exact) mass is 238 g/mol. The molecule has 0 bridgehead atoms. The quantitative estimate of drug-likeness (QED) is 0.703. The van der Waals surface area contributed by atoms with Crippen molar-refractivity contribution in [3.8, 4) is 0 Å². The molecule has 0 aromatic heterocycles.